The van der Waals surface area contributed by atoms with E-state index in [1.54, 1.807) is 27.9 Å². The number of hydrogen-bond acceptors (Lipinski definition) is 7. The number of nitrogens with zero attached hydrogens (tertiary/aromatic N) is 2. The van der Waals surface area contributed by atoms with Crippen LogP contribution in [0.4, 0.5) is 5.69 Å². The van der Waals surface area contributed by atoms with Crippen molar-refractivity contribution < 1.29 is 22.7 Å². The number of aromatic nitrogens is 1. The van der Waals surface area contributed by atoms with Crippen molar-refractivity contribution in [1.29, 1.82) is 0 Å². The van der Waals surface area contributed by atoms with Crippen molar-refractivity contribution in [1.82, 2.24) is 9.71 Å². The van der Waals surface area contributed by atoms with Gasteiger partial charge in [0.25, 0.3) is 0 Å². The lowest BCUT2D eigenvalue weighted by molar-refractivity contribution is -0.151. The van der Waals surface area contributed by atoms with Gasteiger partial charge in [-0.2, -0.15) is 0 Å². The molecule has 0 spiro atoms. The molecule has 0 radical (unpaired) electrons. The third-order valence-electron chi connectivity index (χ3n) is 5.97. The van der Waals surface area contributed by atoms with Crippen molar-refractivity contribution in [3.63, 3.8) is 0 Å². The number of ether oxygens (including phenoxy) is 2. The van der Waals surface area contributed by atoms with E-state index in [4.69, 9.17) is 9.47 Å². The predicted molar refractivity (Wildman–Crippen MR) is 130 cm³/mol. The first kappa shape index (κ1) is 25.2. The molecule has 0 amide bonds. The topological polar surface area (TPSA) is 97.8 Å². The molecule has 1 aromatic heterocycles. The fraction of sp³-hybridized carbons (Fsp3) is 0.583. The summed E-state index contributed by atoms with van der Waals surface area (Å²) in [5, 5.41) is 1.10. The Bertz CT molecular complexity index is 1070. The van der Waals surface area contributed by atoms with Crippen LogP contribution in [-0.2, 0) is 19.6 Å². The molecule has 33 heavy (non-hydrogen) atoms. The largest absolute Gasteiger partial charge is 0.497 e. The van der Waals surface area contributed by atoms with Crippen LogP contribution in [0.5, 0.6) is 5.75 Å². The maximum Gasteiger partial charge on any atom is 0.323 e. The van der Waals surface area contributed by atoms with Gasteiger partial charge in [-0.25, -0.2) is 13.1 Å². The fourth-order valence-electron chi connectivity index (χ4n) is 4.23. The maximum absolute atomic E-state index is 12.3. The highest BCUT2D eigenvalue weighted by Gasteiger charge is 2.27. The van der Waals surface area contributed by atoms with Crippen LogP contribution in [0.3, 0.4) is 0 Å². The molecule has 2 aromatic rings. The van der Waals surface area contributed by atoms with Crippen molar-refractivity contribution in [3.05, 3.63) is 30.5 Å². The third-order valence-corrected chi connectivity index (χ3v) is 7.19. The Kier molecular flexibility index (Phi) is 7.84. The number of pyridine rings is 1. The van der Waals surface area contributed by atoms with Gasteiger partial charge in [0, 0.05) is 43.0 Å². The molecule has 1 aromatic carbocycles. The first-order valence-corrected chi connectivity index (χ1v) is 13.0. The standard InChI is InChI=1S/C24H35N3O5S/c1-17(15-26-33(29,30)16-23(28)32-24(2,3)4)18-9-12-27(13-10-18)22-8-11-25-21-14-19(31-5)6-7-20(21)22/h6-8,11,14,17-18,26H,9-10,12-13,15-16H2,1-5H3. The van der Waals surface area contributed by atoms with Crippen LogP contribution in [-0.4, -0.2) is 57.5 Å². The highest BCUT2D eigenvalue weighted by molar-refractivity contribution is 7.90. The van der Waals surface area contributed by atoms with E-state index >= 15 is 0 Å². The lowest BCUT2D eigenvalue weighted by Gasteiger charge is -2.36. The van der Waals surface area contributed by atoms with Gasteiger partial charge in [-0.3, -0.25) is 9.78 Å². The van der Waals surface area contributed by atoms with Gasteiger partial charge in [-0.1, -0.05) is 6.92 Å². The quantitative estimate of drug-likeness (QED) is 0.582. The fourth-order valence-corrected chi connectivity index (χ4v) is 5.22. The first-order chi connectivity index (χ1) is 15.5. The first-order valence-electron chi connectivity index (χ1n) is 11.3. The molecule has 1 unspecified atom stereocenters. The molecular weight excluding hydrogens is 442 g/mol. The number of esters is 1. The molecule has 0 bridgehead atoms. The van der Waals surface area contributed by atoms with Gasteiger partial charge in [0.2, 0.25) is 10.0 Å². The molecule has 182 valence electrons. The summed E-state index contributed by atoms with van der Waals surface area (Å²) in [6.07, 6.45) is 3.76. The summed E-state index contributed by atoms with van der Waals surface area (Å²) in [5.41, 5.74) is 1.36. The number of carbonyl (C=O) groups is 1. The number of methoxy groups -OCH3 is 1. The molecule has 1 N–H and O–H groups in total. The number of piperidine rings is 1. The van der Waals surface area contributed by atoms with E-state index in [1.807, 2.05) is 30.5 Å². The van der Waals surface area contributed by atoms with Crippen LogP contribution in [0.2, 0.25) is 0 Å². The molecule has 9 heteroatoms. The Labute approximate surface area is 196 Å². The van der Waals surface area contributed by atoms with Crippen LogP contribution in [0.1, 0.15) is 40.5 Å². The molecule has 1 aliphatic heterocycles. The second kappa shape index (κ2) is 10.3. The molecule has 1 atom stereocenters. The minimum atomic E-state index is -3.72. The molecule has 0 saturated carbocycles. The zero-order chi connectivity index (χ0) is 24.2. The van der Waals surface area contributed by atoms with E-state index in [0.29, 0.717) is 12.5 Å². The van der Waals surface area contributed by atoms with Gasteiger partial charge in [0.05, 0.1) is 12.6 Å². The molecule has 1 aliphatic rings. The van der Waals surface area contributed by atoms with Gasteiger partial charge >= 0.3 is 5.97 Å². The number of sulfonamides is 1. The van der Waals surface area contributed by atoms with Crippen molar-refractivity contribution in [2.45, 2.75) is 46.1 Å². The molecule has 2 heterocycles. The van der Waals surface area contributed by atoms with Crippen LogP contribution in [0, 0.1) is 11.8 Å². The minimum absolute atomic E-state index is 0.166. The van der Waals surface area contributed by atoms with E-state index in [9.17, 15) is 13.2 Å². The summed E-state index contributed by atoms with van der Waals surface area (Å²) in [7, 11) is -2.08. The molecule has 1 fully saturated rings. The number of benzene rings is 1. The van der Waals surface area contributed by atoms with Gasteiger partial charge in [-0.05, 0) is 63.6 Å². The SMILES string of the molecule is COc1ccc2c(N3CCC(C(C)CNS(=O)(=O)CC(=O)OC(C)(C)C)CC3)ccnc2c1. The molecule has 1 saturated heterocycles. The normalized spacial score (nSPS) is 16.6. The number of anilines is 1. The Hall–Kier alpha value is -2.39. The molecule has 3 rings (SSSR count). The molecule has 0 aliphatic carbocycles. The van der Waals surface area contributed by atoms with E-state index in [0.717, 1.165) is 48.3 Å². The number of nitrogens with one attached hydrogen (secondary N) is 1. The molecule has 8 nitrogen and oxygen atoms in total. The zero-order valence-corrected chi connectivity index (χ0v) is 20.9. The van der Waals surface area contributed by atoms with Crippen LogP contribution in [0.25, 0.3) is 10.9 Å². The summed E-state index contributed by atoms with van der Waals surface area (Å²) in [5.74, 6) is -0.0420. The van der Waals surface area contributed by atoms with Crippen molar-refractivity contribution in [2.75, 3.05) is 37.4 Å². The monoisotopic (exact) mass is 477 g/mol. The summed E-state index contributed by atoms with van der Waals surface area (Å²) < 4.78 is 37.6. The lowest BCUT2D eigenvalue weighted by atomic mass is 9.85. The average Bonchev–Trinajstić information content (AvgIpc) is 2.75. The van der Waals surface area contributed by atoms with Crippen molar-refractivity contribution in [2.24, 2.45) is 11.8 Å². The molecular formula is C24H35N3O5S. The van der Waals surface area contributed by atoms with Crippen molar-refractivity contribution >= 4 is 32.6 Å². The average molecular weight is 478 g/mol. The van der Waals surface area contributed by atoms with Gasteiger partial charge < -0.3 is 14.4 Å². The highest BCUT2D eigenvalue weighted by Crippen LogP contribution is 2.32. The number of carbonyl (C=O) groups excluding carboxylic acids is 1. The Morgan fingerprint density at radius 3 is 2.58 bits per heavy atom. The minimum Gasteiger partial charge on any atom is -0.497 e. The van der Waals surface area contributed by atoms with Crippen LogP contribution in [0.15, 0.2) is 30.5 Å². The Balaban J connectivity index is 1.54. The number of fused-ring (bicyclic) bond motifs is 1. The summed E-state index contributed by atoms with van der Waals surface area (Å²) >= 11 is 0. The summed E-state index contributed by atoms with van der Waals surface area (Å²) in [4.78, 5) is 18.7. The van der Waals surface area contributed by atoms with E-state index in [2.05, 4.69) is 21.5 Å². The Morgan fingerprint density at radius 1 is 1.24 bits per heavy atom. The predicted octanol–water partition coefficient (Wildman–Crippen LogP) is 3.36. The van der Waals surface area contributed by atoms with Crippen molar-refractivity contribution in [3.8, 4) is 5.75 Å². The van der Waals surface area contributed by atoms with E-state index in [1.165, 1.54) is 0 Å². The summed E-state index contributed by atoms with van der Waals surface area (Å²) in [6.45, 7) is 9.30. The van der Waals surface area contributed by atoms with E-state index < -0.39 is 27.3 Å². The van der Waals surface area contributed by atoms with Gasteiger partial charge in [0.15, 0.2) is 5.75 Å². The second-order valence-corrected chi connectivity index (χ2v) is 11.5. The smallest absolute Gasteiger partial charge is 0.323 e. The zero-order valence-electron chi connectivity index (χ0n) is 20.1. The Morgan fingerprint density at radius 2 is 1.94 bits per heavy atom. The number of hydrogen-bond donors (Lipinski definition) is 1. The van der Waals surface area contributed by atoms with Gasteiger partial charge in [-0.15, -0.1) is 0 Å². The number of rotatable bonds is 8. The van der Waals surface area contributed by atoms with Gasteiger partial charge in [0.1, 0.15) is 11.4 Å². The third kappa shape index (κ3) is 7.04. The van der Waals surface area contributed by atoms with Crippen LogP contribution < -0.4 is 14.4 Å². The van der Waals surface area contributed by atoms with E-state index in [-0.39, 0.29) is 5.92 Å². The highest BCUT2D eigenvalue weighted by atomic mass is 32.2. The summed E-state index contributed by atoms with van der Waals surface area (Å²) in [6, 6.07) is 7.98. The van der Waals surface area contributed by atoms with Crippen LogP contribution >= 0.6 is 0 Å². The lowest BCUT2D eigenvalue weighted by Crippen LogP contribution is -2.40. The maximum atomic E-state index is 12.3. The second-order valence-electron chi connectivity index (χ2n) is 9.71.